The van der Waals surface area contributed by atoms with E-state index in [9.17, 15) is 5.11 Å². The van der Waals surface area contributed by atoms with Crippen molar-refractivity contribution in [3.63, 3.8) is 0 Å². The molecule has 2 N–H and O–H groups in total. The lowest BCUT2D eigenvalue weighted by Gasteiger charge is -2.22. The van der Waals surface area contributed by atoms with E-state index in [0.29, 0.717) is 13.0 Å². The number of benzene rings is 1. The average molecular weight is 265 g/mol. The smallest absolute Gasteiger partial charge is 0.0802 e. The molecule has 0 aliphatic rings. The SMILES string of the molecule is CCCCN(CCO)CCC(O)c1ccc(C)cc1. The molecule has 108 valence electrons. The van der Waals surface area contributed by atoms with E-state index < -0.39 is 6.10 Å². The summed E-state index contributed by atoms with van der Waals surface area (Å²) in [5.74, 6) is 0. The lowest BCUT2D eigenvalue weighted by Crippen LogP contribution is -2.30. The lowest BCUT2D eigenvalue weighted by atomic mass is 10.0. The zero-order valence-corrected chi connectivity index (χ0v) is 12.2. The summed E-state index contributed by atoms with van der Waals surface area (Å²) in [7, 11) is 0. The van der Waals surface area contributed by atoms with Gasteiger partial charge in [-0.05, 0) is 31.9 Å². The van der Waals surface area contributed by atoms with Crippen molar-refractivity contribution >= 4 is 0 Å². The van der Waals surface area contributed by atoms with Gasteiger partial charge in [-0.2, -0.15) is 0 Å². The summed E-state index contributed by atoms with van der Waals surface area (Å²) in [5, 5.41) is 19.2. The highest BCUT2D eigenvalue weighted by Gasteiger charge is 2.10. The minimum atomic E-state index is -0.414. The Morgan fingerprint density at radius 3 is 2.37 bits per heavy atom. The molecular formula is C16H27NO2. The summed E-state index contributed by atoms with van der Waals surface area (Å²) in [6.45, 7) is 6.92. The van der Waals surface area contributed by atoms with Gasteiger partial charge in [0, 0.05) is 13.1 Å². The van der Waals surface area contributed by atoms with E-state index >= 15 is 0 Å². The van der Waals surface area contributed by atoms with Crippen molar-refractivity contribution in [2.24, 2.45) is 0 Å². The molecule has 0 heterocycles. The highest BCUT2D eigenvalue weighted by molar-refractivity contribution is 5.22. The second kappa shape index (κ2) is 9.08. The number of aliphatic hydroxyl groups is 2. The monoisotopic (exact) mass is 265 g/mol. The van der Waals surface area contributed by atoms with Crippen LogP contribution in [0.3, 0.4) is 0 Å². The zero-order valence-electron chi connectivity index (χ0n) is 12.2. The Morgan fingerprint density at radius 1 is 1.11 bits per heavy atom. The van der Waals surface area contributed by atoms with E-state index in [0.717, 1.165) is 31.5 Å². The predicted octanol–water partition coefficient (Wildman–Crippen LogP) is 2.51. The molecule has 1 rings (SSSR count). The summed E-state index contributed by atoms with van der Waals surface area (Å²) in [6.07, 6.45) is 2.60. The number of rotatable bonds is 9. The van der Waals surface area contributed by atoms with Crippen LogP contribution in [0.2, 0.25) is 0 Å². The van der Waals surface area contributed by atoms with Crippen LogP contribution >= 0.6 is 0 Å². The molecule has 0 amide bonds. The van der Waals surface area contributed by atoms with Crippen molar-refractivity contribution in [3.05, 3.63) is 35.4 Å². The topological polar surface area (TPSA) is 43.7 Å². The van der Waals surface area contributed by atoms with Crippen molar-refractivity contribution in [2.45, 2.75) is 39.2 Å². The van der Waals surface area contributed by atoms with Gasteiger partial charge in [0.25, 0.3) is 0 Å². The molecule has 0 saturated heterocycles. The summed E-state index contributed by atoms with van der Waals surface area (Å²) in [4.78, 5) is 2.22. The van der Waals surface area contributed by atoms with E-state index in [-0.39, 0.29) is 6.61 Å². The lowest BCUT2D eigenvalue weighted by molar-refractivity contribution is 0.130. The minimum absolute atomic E-state index is 0.185. The second-order valence-corrected chi connectivity index (χ2v) is 5.13. The molecule has 3 heteroatoms. The molecule has 3 nitrogen and oxygen atoms in total. The van der Waals surface area contributed by atoms with Gasteiger partial charge in [-0.1, -0.05) is 43.2 Å². The van der Waals surface area contributed by atoms with Crippen LogP contribution in [0.4, 0.5) is 0 Å². The van der Waals surface area contributed by atoms with Crippen LogP contribution in [0.1, 0.15) is 43.4 Å². The number of nitrogens with zero attached hydrogens (tertiary/aromatic N) is 1. The average Bonchev–Trinajstić information content (AvgIpc) is 2.42. The summed E-state index contributed by atoms with van der Waals surface area (Å²) in [6, 6.07) is 8.03. The molecular weight excluding hydrogens is 238 g/mol. The van der Waals surface area contributed by atoms with Crippen molar-refractivity contribution in [1.29, 1.82) is 0 Å². The first-order chi connectivity index (χ1) is 9.17. The number of hydrogen-bond acceptors (Lipinski definition) is 3. The minimum Gasteiger partial charge on any atom is -0.395 e. The van der Waals surface area contributed by atoms with Gasteiger partial charge in [-0.3, -0.25) is 0 Å². The Morgan fingerprint density at radius 2 is 1.79 bits per heavy atom. The van der Waals surface area contributed by atoms with Crippen LogP contribution < -0.4 is 0 Å². The maximum Gasteiger partial charge on any atom is 0.0802 e. The van der Waals surface area contributed by atoms with Crippen LogP contribution in [0.15, 0.2) is 24.3 Å². The Kier molecular flexibility index (Phi) is 7.72. The van der Waals surface area contributed by atoms with E-state index in [1.165, 1.54) is 5.56 Å². The molecule has 0 aromatic heterocycles. The van der Waals surface area contributed by atoms with Crippen molar-refractivity contribution in [2.75, 3.05) is 26.2 Å². The Bertz CT molecular complexity index is 337. The first-order valence-corrected chi connectivity index (χ1v) is 7.25. The van der Waals surface area contributed by atoms with Gasteiger partial charge in [-0.15, -0.1) is 0 Å². The van der Waals surface area contributed by atoms with Gasteiger partial charge >= 0.3 is 0 Å². The fraction of sp³-hybridized carbons (Fsp3) is 0.625. The fourth-order valence-electron chi connectivity index (χ4n) is 2.12. The van der Waals surface area contributed by atoms with Gasteiger partial charge < -0.3 is 15.1 Å². The Hall–Kier alpha value is -0.900. The molecule has 1 aromatic carbocycles. The highest BCUT2D eigenvalue weighted by Crippen LogP contribution is 2.17. The van der Waals surface area contributed by atoms with Gasteiger partial charge in [0.15, 0.2) is 0 Å². The zero-order chi connectivity index (χ0) is 14.1. The van der Waals surface area contributed by atoms with Gasteiger partial charge in [-0.25, -0.2) is 0 Å². The molecule has 0 saturated carbocycles. The molecule has 1 aromatic rings. The molecule has 0 aliphatic carbocycles. The van der Waals surface area contributed by atoms with Gasteiger partial charge in [0.1, 0.15) is 0 Å². The molecule has 0 fully saturated rings. The van der Waals surface area contributed by atoms with Crippen LogP contribution in [0.25, 0.3) is 0 Å². The summed E-state index contributed by atoms with van der Waals surface area (Å²) < 4.78 is 0. The molecule has 0 radical (unpaired) electrons. The number of hydrogen-bond donors (Lipinski definition) is 2. The van der Waals surface area contributed by atoms with Gasteiger partial charge in [0.2, 0.25) is 0 Å². The number of aryl methyl sites for hydroxylation is 1. The third-order valence-electron chi connectivity index (χ3n) is 3.43. The third-order valence-corrected chi connectivity index (χ3v) is 3.43. The standard InChI is InChI=1S/C16H27NO2/c1-3-4-10-17(12-13-18)11-9-16(19)15-7-5-14(2)6-8-15/h5-8,16,18-19H,3-4,9-13H2,1-2H3. The van der Waals surface area contributed by atoms with Crippen LogP contribution in [0.5, 0.6) is 0 Å². The van der Waals surface area contributed by atoms with Crippen LogP contribution in [-0.2, 0) is 0 Å². The molecule has 1 atom stereocenters. The molecule has 1 unspecified atom stereocenters. The molecule has 0 spiro atoms. The fourth-order valence-corrected chi connectivity index (χ4v) is 2.12. The first-order valence-electron chi connectivity index (χ1n) is 7.25. The van der Waals surface area contributed by atoms with E-state index in [1.807, 2.05) is 31.2 Å². The Balaban J connectivity index is 2.41. The third kappa shape index (κ3) is 6.19. The number of aliphatic hydroxyl groups excluding tert-OH is 2. The summed E-state index contributed by atoms with van der Waals surface area (Å²) in [5.41, 5.74) is 2.19. The van der Waals surface area contributed by atoms with E-state index in [4.69, 9.17) is 5.11 Å². The van der Waals surface area contributed by atoms with E-state index in [1.54, 1.807) is 0 Å². The number of unbranched alkanes of at least 4 members (excludes halogenated alkanes) is 1. The van der Waals surface area contributed by atoms with Crippen molar-refractivity contribution in [3.8, 4) is 0 Å². The maximum absolute atomic E-state index is 10.2. The second-order valence-electron chi connectivity index (χ2n) is 5.13. The van der Waals surface area contributed by atoms with Crippen molar-refractivity contribution < 1.29 is 10.2 Å². The first kappa shape index (κ1) is 16.2. The molecule has 0 bridgehead atoms. The van der Waals surface area contributed by atoms with Crippen LogP contribution in [0, 0.1) is 6.92 Å². The van der Waals surface area contributed by atoms with Gasteiger partial charge in [0.05, 0.1) is 12.7 Å². The van der Waals surface area contributed by atoms with Crippen molar-refractivity contribution in [1.82, 2.24) is 4.90 Å². The molecule has 0 aliphatic heterocycles. The highest BCUT2D eigenvalue weighted by atomic mass is 16.3. The predicted molar refractivity (Wildman–Crippen MR) is 79.2 cm³/mol. The summed E-state index contributed by atoms with van der Waals surface area (Å²) >= 11 is 0. The van der Waals surface area contributed by atoms with Crippen LogP contribution in [-0.4, -0.2) is 41.4 Å². The Labute approximate surface area is 116 Å². The normalized spacial score (nSPS) is 12.9. The quantitative estimate of drug-likeness (QED) is 0.721. The largest absolute Gasteiger partial charge is 0.395 e. The molecule has 19 heavy (non-hydrogen) atoms. The van der Waals surface area contributed by atoms with E-state index in [2.05, 4.69) is 11.8 Å². The maximum atomic E-state index is 10.2.